The zero-order valence-electron chi connectivity index (χ0n) is 14.1. The summed E-state index contributed by atoms with van der Waals surface area (Å²) >= 11 is 3.52. The smallest absolute Gasteiger partial charge is 0.161 e. The second-order valence-corrected chi connectivity index (χ2v) is 7.79. The maximum atomic E-state index is 12.9. The highest BCUT2D eigenvalue weighted by Gasteiger charge is 2.36. The van der Waals surface area contributed by atoms with E-state index in [0.717, 1.165) is 56.3 Å². The summed E-state index contributed by atoms with van der Waals surface area (Å²) in [7, 11) is 0. The highest BCUT2D eigenvalue weighted by atomic mass is 79.9. The number of allylic oxidation sites excluding steroid dienone is 2. The van der Waals surface area contributed by atoms with Crippen molar-refractivity contribution in [3.63, 3.8) is 0 Å². The summed E-state index contributed by atoms with van der Waals surface area (Å²) in [5.41, 5.74) is 6.38. The standard InChI is InChI=1S/C22H17BrN2O/c23-14-8-6-13(7-9-14)20-21-15-3-2-12-24-16(15)10-11-18(21)25-17-4-1-5-19(26)22(17)20/h2-3,6-12,20,25H,1,4-5H2. The number of fused-ring (bicyclic) bond motifs is 3. The molecule has 26 heavy (non-hydrogen) atoms. The predicted octanol–water partition coefficient (Wildman–Crippen LogP) is 5.56. The number of ketones is 1. The van der Waals surface area contributed by atoms with Crippen LogP contribution in [0.15, 0.2) is 70.5 Å². The van der Waals surface area contributed by atoms with E-state index in [2.05, 4.69) is 56.6 Å². The SMILES string of the molecule is O=C1CCCC2=C1C(c1ccc(Br)cc1)c1c(ccc3ncccc13)N2. The number of rotatable bonds is 1. The van der Waals surface area contributed by atoms with Crippen LogP contribution < -0.4 is 5.32 Å². The predicted molar refractivity (Wildman–Crippen MR) is 107 cm³/mol. The normalized spacial score (nSPS) is 19.1. The lowest BCUT2D eigenvalue weighted by Crippen LogP contribution is -2.27. The summed E-state index contributed by atoms with van der Waals surface area (Å²) in [6.07, 6.45) is 4.29. The van der Waals surface area contributed by atoms with Crippen LogP contribution in [0.25, 0.3) is 10.9 Å². The molecule has 0 fully saturated rings. The van der Waals surface area contributed by atoms with E-state index in [4.69, 9.17) is 0 Å². The second kappa shape index (κ2) is 6.06. The van der Waals surface area contributed by atoms with Gasteiger partial charge in [-0.25, -0.2) is 0 Å². The Morgan fingerprint density at radius 3 is 2.73 bits per heavy atom. The summed E-state index contributed by atoms with van der Waals surface area (Å²) in [5, 5.41) is 4.66. The molecule has 0 saturated heterocycles. The molecule has 0 saturated carbocycles. The minimum atomic E-state index is -0.0463. The number of nitrogens with zero attached hydrogens (tertiary/aromatic N) is 1. The van der Waals surface area contributed by atoms with E-state index in [-0.39, 0.29) is 11.7 Å². The van der Waals surface area contributed by atoms with Gasteiger partial charge in [-0.05, 0) is 54.3 Å². The summed E-state index contributed by atoms with van der Waals surface area (Å²) < 4.78 is 1.04. The Hall–Kier alpha value is -2.46. The molecular weight excluding hydrogens is 388 g/mol. The summed E-state index contributed by atoms with van der Waals surface area (Å²) in [6.45, 7) is 0. The van der Waals surface area contributed by atoms with Gasteiger partial charge < -0.3 is 5.32 Å². The maximum absolute atomic E-state index is 12.9. The van der Waals surface area contributed by atoms with Crippen molar-refractivity contribution in [1.29, 1.82) is 0 Å². The molecule has 3 aromatic rings. The molecule has 0 bridgehead atoms. The molecule has 2 aromatic carbocycles. The Kier molecular flexibility index (Phi) is 3.68. The molecular formula is C22H17BrN2O. The topological polar surface area (TPSA) is 42.0 Å². The van der Waals surface area contributed by atoms with Crippen LogP contribution in [0.3, 0.4) is 0 Å². The molecule has 1 aliphatic carbocycles. The highest BCUT2D eigenvalue weighted by Crippen LogP contribution is 2.47. The Morgan fingerprint density at radius 2 is 1.88 bits per heavy atom. The first-order valence-corrected chi connectivity index (χ1v) is 9.68. The highest BCUT2D eigenvalue weighted by molar-refractivity contribution is 9.10. The zero-order chi connectivity index (χ0) is 17.7. The van der Waals surface area contributed by atoms with E-state index in [1.54, 1.807) is 0 Å². The van der Waals surface area contributed by atoms with Crippen LogP contribution in [0.4, 0.5) is 5.69 Å². The van der Waals surface area contributed by atoms with Gasteiger partial charge in [-0.1, -0.05) is 34.1 Å². The van der Waals surface area contributed by atoms with E-state index in [1.165, 1.54) is 0 Å². The van der Waals surface area contributed by atoms with Gasteiger partial charge in [0.05, 0.1) is 5.52 Å². The van der Waals surface area contributed by atoms with Crippen molar-refractivity contribution >= 4 is 38.3 Å². The van der Waals surface area contributed by atoms with Crippen LogP contribution in [0.5, 0.6) is 0 Å². The fourth-order valence-electron chi connectivity index (χ4n) is 4.22. The van der Waals surface area contributed by atoms with E-state index in [9.17, 15) is 4.79 Å². The van der Waals surface area contributed by atoms with Crippen molar-refractivity contribution in [2.24, 2.45) is 0 Å². The van der Waals surface area contributed by atoms with Crippen molar-refractivity contribution in [2.75, 3.05) is 5.32 Å². The lowest BCUT2D eigenvalue weighted by Gasteiger charge is -2.34. The number of nitrogens with one attached hydrogen (secondary N) is 1. The third kappa shape index (κ3) is 2.40. The van der Waals surface area contributed by atoms with Crippen molar-refractivity contribution in [3.05, 3.63) is 81.6 Å². The van der Waals surface area contributed by atoms with E-state index in [1.807, 2.05) is 24.4 Å². The third-order valence-electron chi connectivity index (χ3n) is 5.35. The molecule has 128 valence electrons. The minimum absolute atomic E-state index is 0.0463. The quantitative estimate of drug-likeness (QED) is 0.576. The van der Waals surface area contributed by atoms with Gasteiger partial charge in [0.25, 0.3) is 0 Å². The number of aromatic nitrogens is 1. The number of carbonyl (C=O) groups is 1. The van der Waals surface area contributed by atoms with Gasteiger partial charge in [0, 0.05) is 45.4 Å². The molecule has 1 atom stereocenters. The number of anilines is 1. The monoisotopic (exact) mass is 404 g/mol. The maximum Gasteiger partial charge on any atom is 0.161 e. The van der Waals surface area contributed by atoms with Crippen LogP contribution in [-0.2, 0) is 4.79 Å². The average Bonchev–Trinajstić information content (AvgIpc) is 2.67. The fraction of sp³-hybridized carbons (Fsp3) is 0.182. The first kappa shape index (κ1) is 15.8. The van der Waals surface area contributed by atoms with E-state index < -0.39 is 0 Å². The van der Waals surface area contributed by atoms with Crippen molar-refractivity contribution in [3.8, 4) is 0 Å². The molecule has 2 aliphatic rings. The van der Waals surface area contributed by atoms with Gasteiger partial charge in [-0.2, -0.15) is 0 Å². The number of halogens is 1. The Labute approximate surface area is 160 Å². The summed E-state index contributed by atoms with van der Waals surface area (Å²) in [5.74, 6) is 0.216. The lowest BCUT2D eigenvalue weighted by molar-refractivity contribution is -0.116. The Bertz CT molecular complexity index is 1070. The Morgan fingerprint density at radius 1 is 1.04 bits per heavy atom. The number of hydrogen-bond acceptors (Lipinski definition) is 3. The van der Waals surface area contributed by atoms with E-state index in [0.29, 0.717) is 6.42 Å². The molecule has 1 N–H and O–H groups in total. The van der Waals surface area contributed by atoms with Crippen molar-refractivity contribution in [2.45, 2.75) is 25.2 Å². The first-order chi connectivity index (χ1) is 12.7. The summed E-state index contributed by atoms with van der Waals surface area (Å²) in [6, 6.07) is 16.6. The van der Waals surface area contributed by atoms with Gasteiger partial charge in [-0.15, -0.1) is 0 Å². The molecule has 3 nitrogen and oxygen atoms in total. The van der Waals surface area contributed by atoms with Gasteiger partial charge >= 0.3 is 0 Å². The van der Waals surface area contributed by atoms with Gasteiger partial charge in [0.1, 0.15) is 0 Å². The molecule has 4 heteroatoms. The van der Waals surface area contributed by atoms with Crippen LogP contribution in [0.2, 0.25) is 0 Å². The van der Waals surface area contributed by atoms with Crippen LogP contribution >= 0.6 is 15.9 Å². The molecule has 0 amide bonds. The molecule has 2 heterocycles. The number of Topliss-reactive ketones (excluding diaryl/α,β-unsaturated/α-hetero) is 1. The van der Waals surface area contributed by atoms with Crippen molar-refractivity contribution < 1.29 is 4.79 Å². The number of benzene rings is 2. The first-order valence-electron chi connectivity index (χ1n) is 8.89. The average molecular weight is 405 g/mol. The molecule has 0 spiro atoms. The molecule has 1 unspecified atom stereocenters. The van der Waals surface area contributed by atoms with Gasteiger partial charge in [-0.3, -0.25) is 9.78 Å². The second-order valence-electron chi connectivity index (χ2n) is 6.88. The zero-order valence-corrected chi connectivity index (χ0v) is 15.7. The minimum Gasteiger partial charge on any atom is -0.358 e. The van der Waals surface area contributed by atoms with Crippen molar-refractivity contribution in [1.82, 2.24) is 4.98 Å². The number of carbonyl (C=O) groups excluding carboxylic acids is 1. The van der Waals surface area contributed by atoms with Crippen LogP contribution in [0.1, 0.15) is 36.3 Å². The number of hydrogen-bond donors (Lipinski definition) is 1. The molecule has 1 aromatic heterocycles. The molecule has 1 aliphatic heterocycles. The van der Waals surface area contributed by atoms with Crippen LogP contribution in [0, 0.1) is 0 Å². The van der Waals surface area contributed by atoms with Gasteiger partial charge in [0.2, 0.25) is 0 Å². The summed E-state index contributed by atoms with van der Waals surface area (Å²) in [4.78, 5) is 17.4. The fourth-order valence-corrected chi connectivity index (χ4v) is 4.48. The van der Waals surface area contributed by atoms with E-state index >= 15 is 0 Å². The number of pyridine rings is 1. The van der Waals surface area contributed by atoms with Crippen LogP contribution in [-0.4, -0.2) is 10.8 Å². The molecule has 0 radical (unpaired) electrons. The Balaban J connectivity index is 1.83. The third-order valence-corrected chi connectivity index (χ3v) is 5.88. The largest absolute Gasteiger partial charge is 0.358 e. The molecule has 5 rings (SSSR count). The van der Waals surface area contributed by atoms with Gasteiger partial charge in [0.15, 0.2) is 5.78 Å². The lowest BCUT2D eigenvalue weighted by atomic mass is 9.74.